The number of likely N-dealkylation sites (tertiary alicyclic amines) is 1. The van der Waals surface area contributed by atoms with E-state index < -0.39 is 0 Å². The van der Waals surface area contributed by atoms with Crippen molar-refractivity contribution >= 4 is 40.6 Å². The van der Waals surface area contributed by atoms with E-state index in [1.165, 1.54) is 0 Å². The van der Waals surface area contributed by atoms with Gasteiger partial charge in [0.1, 0.15) is 0 Å². The molecule has 1 saturated heterocycles. The third-order valence-corrected chi connectivity index (χ3v) is 6.58. The number of aromatic nitrogens is 1. The smallest absolute Gasteiger partial charge is 0.244 e. The molecular weight excluding hydrogens is 378 g/mol. The molecule has 1 aliphatic heterocycles. The minimum Gasteiger partial charge on any atom is -0.333 e. The van der Waals surface area contributed by atoms with Gasteiger partial charge in [-0.2, -0.15) is 0 Å². The molecule has 1 aromatic heterocycles. The Balaban J connectivity index is 1.59. The Morgan fingerprint density at radius 3 is 2.81 bits per heavy atom. The Labute approximate surface area is 168 Å². The molecule has 0 radical (unpaired) electrons. The fourth-order valence-corrected chi connectivity index (χ4v) is 4.97. The van der Waals surface area contributed by atoms with Gasteiger partial charge in [-0.1, -0.05) is 24.6 Å². The highest BCUT2D eigenvalue weighted by molar-refractivity contribution is 8.01. The molecule has 5 nitrogen and oxygen atoms in total. The van der Waals surface area contributed by atoms with Gasteiger partial charge in [-0.05, 0) is 50.5 Å². The summed E-state index contributed by atoms with van der Waals surface area (Å²) in [4.78, 5) is 31.9. The van der Waals surface area contributed by atoms with E-state index in [4.69, 9.17) is 0 Å². The van der Waals surface area contributed by atoms with Crippen molar-refractivity contribution in [3.05, 3.63) is 34.8 Å². The molecule has 0 atom stereocenters. The number of hydrogen-bond donors (Lipinski definition) is 1. The predicted molar refractivity (Wildman–Crippen MR) is 110 cm³/mol. The SMILES string of the molecule is Cc1csc(Sc2ccc(NC(=O)CN3CCCCCCC3=O)c(C)c2)n1. The van der Waals surface area contributed by atoms with Gasteiger partial charge in [0.05, 0.1) is 6.54 Å². The van der Waals surface area contributed by atoms with Gasteiger partial charge in [-0.3, -0.25) is 9.59 Å². The number of amides is 2. The molecule has 2 heterocycles. The first-order valence-corrected chi connectivity index (χ1v) is 11.0. The Bertz CT molecular complexity index is 819. The van der Waals surface area contributed by atoms with Gasteiger partial charge >= 0.3 is 0 Å². The lowest BCUT2D eigenvalue weighted by Gasteiger charge is -2.24. The number of carbonyl (C=O) groups is 2. The molecule has 3 rings (SSSR count). The van der Waals surface area contributed by atoms with Crippen molar-refractivity contribution in [2.24, 2.45) is 0 Å². The van der Waals surface area contributed by atoms with Crippen molar-refractivity contribution in [3.63, 3.8) is 0 Å². The third kappa shape index (κ3) is 5.81. The van der Waals surface area contributed by atoms with Crippen LogP contribution < -0.4 is 5.32 Å². The van der Waals surface area contributed by atoms with Crippen LogP contribution in [0.1, 0.15) is 43.4 Å². The van der Waals surface area contributed by atoms with Gasteiger partial charge in [0.2, 0.25) is 11.8 Å². The second-order valence-corrected chi connectivity index (χ2v) is 9.04. The molecule has 2 amide bonds. The molecule has 7 heteroatoms. The van der Waals surface area contributed by atoms with Crippen molar-refractivity contribution in [2.75, 3.05) is 18.4 Å². The van der Waals surface area contributed by atoms with Crippen LogP contribution in [0.3, 0.4) is 0 Å². The first-order valence-electron chi connectivity index (χ1n) is 9.29. The number of nitrogens with zero attached hydrogens (tertiary/aromatic N) is 2. The van der Waals surface area contributed by atoms with Gasteiger partial charge in [-0.15, -0.1) is 11.3 Å². The summed E-state index contributed by atoms with van der Waals surface area (Å²) in [5.74, 6) is -0.0463. The molecular formula is C20H25N3O2S2. The molecule has 0 unspecified atom stereocenters. The summed E-state index contributed by atoms with van der Waals surface area (Å²) in [5, 5.41) is 4.99. The number of carbonyl (C=O) groups excluding carboxylic acids is 2. The third-order valence-electron chi connectivity index (χ3n) is 4.53. The highest BCUT2D eigenvalue weighted by Crippen LogP contribution is 2.32. The maximum atomic E-state index is 12.4. The number of hydrogen-bond acceptors (Lipinski definition) is 5. The molecule has 0 spiro atoms. The molecule has 1 N–H and O–H groups in total. The second-order valence-electron chi connectivity index (χ2n) is 6.86. The van der Waals surface area contributed by atoms with Crippen LogP contribution in [0.25, 0.3) is 0 Å². The summed E-state index contributed by atoms with van der Waals surface area (Å²) in [6, 6.07) is 5.97. The molecule has 0 aliphatic carbocycles. The first-order chi connectivity index (χ1) is 13.0. The standard InChI is InChI=1S/C20H25N3O2S2/c1-14-11-16(27-20-21-15(2)13-26-20)8-9-17(14)22-18(24)12-23-10-6-4-3-5-7-19(23)25/h8-9,11,13H,3-7,10,12H2,1-2H3,(H,22,24). The van der Waals surface area contributed by atoms with Crippen LogP contribution in [-0.2, 0) is 9.59 Å². The molecule has 0 bridgehead atoms. The van der Waals surface area contributed by atoms with E-state index in [0.29, 0.717) is 13.0 Å². The van der Waals surface area contributed by atoms with Crippen LogP contribution in [0.5, 0.6) is 0 Å². The van der Waals surface area contributed by atoms with E-state index >= 15 is 0 Å². The molecule has 1 aliphatic rings. The average molecular weight is 404 g/mol. The number of thiazole rings is 1. The number of rotatable bonds is 5. The molecule has 27 heavy (non-hydrogen) atoms. The number of aryl methyl sites for hydroxylation is 2. The minimum atomic E-state index is -0.136. The predicted octanol–water partition coefficient (Wildman–Crippen LogP) is 4.64. The summed E-state index contributed by atoms with van der Waals surface area (Å²) in [6.07, 6.45) is 4.68. The molecule has 2 aromatic rings. The van der Waals surface area contributed by atoms with Crippen molar-refractivity contribution in [2.45, 2.75) is 55.2 Å². The van der Waals surface area contributed by atoms with E-state index in [1.807, 2.05) is 31.4 Å². The zero-order valence-electron chi connectivity index (χ0n) is 15.8. The van der Waals surface area contributed by atoms with Crippen LogP contribution in [0.15, 0.2) is 32.8 Å². The van der Waals surface area contributed by atoms with Gasteiger partial charge in [-0.25, -0.2) is 4.98 Å². The summed E-state index contributed by atoms with van der Waals surface area (Å²) in [7, 11) is 0. The molecule has 144 valence electrons. The van der Waals surface area contributed by atoms with Crippen LogP contribution in [0, 0.1) is 13.8 Å². The minimum absolute atomic E-state index is 0.0899. The largest absolute Gasteiger partial charge is 0.333 e. The highest BCUT2D eigenvalue weighted by atomic mass is 32.2. The lowest BCUT2D eigenvalue weighted by atomic mass is 10.1. The van der Waals surface area contributed by atoms with Gasteiger partial charge in [0.25, 0.3) is 0 Å². The van der Waals surface area contributed by atoms with E-state index in [-0.39, 0.29) is 18.4 Å². The van der Waals surface area contributed by atoms with Gasteiger partial charge in [0, 0.05) is 34.6 Å². The number of anilines is 1. The Morgan fingerprint density at radius 2 is 2.07 bits per heavy atom. The van der Waals surface area contributed by atoms with Crippen molar-refractivity contribution in [1.29, 1.82) is 0 Å². The zero-order valence-corrected chi connectivity index (χ0v) is 17.4. The Kier molecular flexibility index (Phi) is 6.90. The van der Waals surface area contributed by atoms with E-state index in [0.717, 1.165) is 51.9 Å². The van der Waals surface area contributed by atoms with Crippen molar-refractivity contribution in [3.8, 4) is 0 Å². The van der Waals surface area contributed by atoms with Crippen molar-refractivity contribution < 1.29 is 9.59 Å². The zero-order chi connectivity index (χ0) is 19.2. The quantitative estimate of drug-likeness (QED) is 0.790. The fraction of sp³-hybridized carbons (Fsp3) is 0.450. The molecule has 1 fully saturated rings. The van der Waals surface area contributed by atoms with E-state index in [2.05, 4.69) is 16.4 Å². The maximum absolute atomic E-state index is 12.4. The summed E-state index contributed by atoms with van der Waals surface area (Å²) < 4.78 is 1.01. The second kappa shape index (κ2) is 9.37. The van der Waals surface area contributed by atoms with Gasteiger partial charge in [0.15, 0.2) is 4.34 Å². The summed E-state index contributed by atoms with van der Waals surface area (Å²) >= 11 is 3.26. The van der Waals surface area contributed by atoms with Crippen LogP contribution in [-0.4, -0.2) is 34.8 Å². The van der Waals surface area contributed by atoms with Crippen molar-refractivity contribution in [1.82, 2.24) is 9.88 Å². The average Bonchev–Trinajstić information content (AvgIpc) is 3.02. The normalized spacial score (nSPS) is 15.3. The number of benzene rings is 1. The number of nitrogens with one attached hydrogen (secondary N) is 1. The van der Waals surface area contributed by atoms with Crippen LogP contribution in [0.4, 0.5) is 5.69 Å². The lowest BCUT2D eigenvalue weighted by molar-refractivity contribution is -0.135. The first kappa shape index (κ1) is 19.9. The molecule has 1 aromatic carbocycles. The Morgan fingerprint density at radius 1 is 1.26 bits per heavy atom. The summed E-state index contributed by atoms with van der Waals surface area (Å²) in [5.41, 5.74) is 2.82. The van der Waals surface area contributed by atoms with Gasteiger partial charge < -0.3 is 10.2 Å². The fourth-order valence-electron chi connectivity index (χ4n) is 3.07. The monoisotopic (exact) mass is 403 g/mol. The molecule has 0 saturated carbocycles. The lowest BCUT2D eigenvalue weighted by Crippen LogP contribution is -2.39. The van der Waals surface area contributed by atoms with Crippen LogP contribution >= 0.6 is 23.1 Å². The van der Waals surface area contributed by atoms with E-state index in [1.54, 1.807) is 28.0 Å². The topological polar surface area (TPSA) is 62.3 Å². The van der Waals surface area contributed by atoms with Crippen LogP contribution in [0.2, 0.25) is 0 Å². The summed E-state index contributed by atoms with van der Waals surface area (Å²) in [6.45, 7) is 4.77. The Hall–Kier alpha value is -1.86. The maximum Gasteiger partial charge on any atom is 0.244 e. The highest BCUT2D eigenvalue weighted by Gasteiger charge is 2.18. The van der Waals surface area contributed by atoms with E-state index in [9.17, 15) is 9.59 Å².